The number of hydrogen-bond donors (Lipinski definition) is 3. The number of hydrogen-bond acceptors (Lipinski definition) is 4. The Bertz CT molecular complexity index is 872. The van der Waals surface area contributed by atoms with E-state index in [0.717, 1.165) is 25.3 Å². The Labute approximate surface area is 163 Å². The van der Waals surface area contributed by atoms with E-state index in [1.807, 2.05) is 0 Å². The summed E-state index contributed by atoms with van der Waals surface area (Å²) in [6.07, 6.45) is 3.38. The van der Waals surface area contributed by atoms with Gasteiger partial charge >= 0.3 is 0 Å². The fraction of sp³-hybridized carbons (Fsp3) is 0.333. The minimum Gasteiger partial charge on any atom is -0.495 e. The second-order valence-corrected chi connectivity index (χ2v) is 6.99. The standard InChI is InChI=1S/C21H24FN3O3/c1-28-19-9-8-17(24-20(26)14-5-3-7-16(23)11-14)12-18(19)25-21(27)13-4-2-6-15(22)10-13/h2,4,6,8-10,12,14,16H,3,5,7,11,23H2,1H3,(H,24,26)(H,25,27). The largest absolute Gasteiger partial charge is 0.495 e. The minimum atomic E-state index is -0.494. The fourth-order valence-electron chi connectivity index (χ4n) is 3.42. The van der Waals surface area contributed by atoms with Crippen LogP contribution in [0.3, 0.4) is 0 Å². The summed E-state index contributed by atoms with van der Waals surface area (Å²) in [4.78, 5) is 24.9. The Morgan fingerprint density at radius 2 is 1.96 bits per heavy atom. The maximum absolute atomic E-state index is 13.4. The molecular formula is C21H24FN3O3. The highest BCUT2D eigenvalue weighted by atomic mass is 19.1. The van der Waals surface area contributed by atoms with Gasteiger partial charge in [0.15, 0.2) is 0 Å². The molecular weight excluding hydrogens is 361 g/mol. The van der Waals surface area contributed by atoms with Gasteiger partial charge in [-0.2, -0.15) is 0 Å². The summed E-state index contributed by atoms with van der Waals surface area (Å²) in [6.45, 7) is 0. The summed E-state index contributed by atoms with van der Waals surface area (Å²) >= 11 is 0. The van der Waals surface area contributed by atoms with E-state index in [0.29, 0.717) is 23.5 Å². The van der Waals surface area contributed by atoms with Crippen molar-refractivity contribution in [2.45, 2.75) is 31.7 Å². The normalized spacial score (nSPS) is 19.0. The van der Waals surface area contributed by atoms with Crippen LogP contribution in [-0.4, -0.2) is 25.0 Å². The first-order chi connectivity index (χ1) is 13.5. The topological polar surface area (TPSA) is 93.4 Å². The summed E-state index contributed by atoms with van der Waals surface area (Å²) in [5, 5.41) is 5.59. The number of carbonyl (C=O) groups excluding carboxylic acids is 2. The number of benzene rings is 2. The third-order valence-corrected chi connectivity index (χ3v) is 4.89. The van der Waals surface area contributed by atoms with E-state index in [1.165, 1.54) is 25.3 Å². The first-order valence-corrected chi connectivity index (χ1v) is 9.27. The number of nitrogens with two attached hydrogens (primary N) is 1. The van der Waals surface area contributed by atoms with E-state index in [1.54, 1.807) is 18.2 Å². The zero-order valence-corrected chi connectivity index (χ0v) is 15.7. The van der Waals surface area contributed by atoms with Gasteiger partial charge < -0.3 is 21.1 Å². The summed E-state index contributed by atoms with van der Waals surface area (Å²) in [7, 11) is 1.48. The summed E-state index contributed by atoms with van der Waals surface area (Å²) in [5.41, 5.74) is 7.08. The number of nitrogens with one attached hydrogen (secondary N) is 2. The van der Waals surface area contributed by atoms with Crippen LogP contribution in [0.25, 0.3) is 0 Å². The van der Waals surface area contributed by atoms with Gasteiger partial charge in [0.1, 0.15) is 11.6 Å². The van der Waals surface area contributed by atoms with Crippen LogP contribution in [0.4, 0.5) is 15.8 Å². The van der Waals surface area contributed by atoms with Crippen LogP contribution in [0.15, 0.2) is 42.5 Å². The molecule has 0 aromatic heterocycles. The highest BCUT2D eigenvalue weighted by Crippen LogP contribution is 2.30. The summed E-state index contributed by atoms with van der Waals surface area (Å²) < 4.78 is 18.6. The van der Waals surface area contributed by atoms with Crippen LogP contribution in [0.1, 0.15) is 36.0 Å². The molecule has 1 aliphatic carbocycles. The lowest BCUT2D eigenvalue weighted by Gasteiger charge is -2.25. The molecule has 0 heterocycles. The third-order valence-electron chi connectivity index (χ3n) is 4.89. The first kappa shape index (κ1) is 19.8. The Kier molecular flexibility index (Phi) is 6.26. The van der Waals surface area contributed by atoms with Crippen LogP contribution in [-0.2, 0) is 4.79 Å². The lowest BCUT2D eigenvalue weighted by atomic mass is 9.85. The number of halogens is 1. The van der Waals surface area contributed by atoms with Gasteiger partial charge in [0, 0.05) is 23.2 Å². The Balaban J connectivity index is 1.74. The number of methoxy groups -OCH3 is 1. The van der Waals surface area contributed by atoms with Crippen LogP contribution < -0.4 is 21.1 Å². The Morgan fingerprint density at radius 1 is 1.14 bits per heavy atom. The van der Waals surface area contributed by atoms with Crippen LogP contribution in [0, 0.1) is 11.7 Å². The van der Waals surface area contributed by atoms with Crippen molar-refractivity contribution in [3.63, 3.8) is 0 Å². The minimum absolute atomic E-state index is 0.0569. The van der Waals surface area contributed by atoms with Crippen molar-refractivity contribution in [2.24, 2.45) is 11.7 Å². The van der Waals surface area contributed by atoms with Gasteiger partial charge in [-0.25, -0.2) is 4.39 Å². The van der Waals surface area contributed by atoms with Crippen molar-refractivity contribution in [1.29, 1.82) is 0 Å². The molecule has 0 saturated heterocycles. The molecule has 1 fully saturated rings. The van der Waals surface area contributed by atoms with Gasteiger partial charge in [-0.1, -0.05) is 12.5 Å². The molecule has 1 aliphatic rings. The molecule has 28 heavy (non-hydrogen) atoms. The Hall–Kier alpha value is -2.93. The van der Waals surface area contributed by atoms with Gasteiger partial charge in [0.2, 0.25) is 5.91 Å². The molecule has 4 N–H and O–H groups in total. The molecule has 2 aromatic carbocycles. The molecule has 6 nitrogen and oxygen atoms in total. The smallest absolute Gasteiger partial charge is 0.255 e. The second-order valence-electron chi connectivity index (χ2n) is 6.99. The fourth-order valence-corrected chi connectivity index (χ4v) is 3.42. The lowest BCUT2D eigenvalue weighted by Crippen LogP contribution is -2.34. The third kappa shape index (κ3) is 4.86. The van der Waals surface area contributed by atoms with Crippen molar-refractivity contribution >= 4 is 23.2 Å². The van der Waals surface area contributed by atoms with Crippen LogP contribution in [0.2, 0.25) is 0 Å². The van der Waals surface area contributed by atoms with Crippen molar-refractivity contribution in [1.82, 2.24) is 0 Å². The maximum atomic E-state index is 13.4. The predicted octanol–water partition coefficient (Wildman–Crippen LogP) is 3.54. The molecule has 2 unspecified atom stereocenters. The quantitative estimate of drug-likeness (QED) is 0.734. The molecule has 3 rings (SSSR count). The van der Waals surface area contributed by atoms with Gasteiger partial charge in [-0.15, -0.1) is 0 Å². The monoisotopic (exact) mass is 385 g/mol. The maximum Gasteiger partial charge on any atom is 0.255 e. The van der Waals surface area contributed by atoms with Gasteiger partial charge in [0.05, 0.1) is 12.8 Å². The summed E-state index contributed by atoms with van der Waals surface area (Å²) in [5.74, 6) is -0.729. The number of amides is 2. The van der Waals surface area contributed by atoms with Crippen molar-refractivity contribution < 1.29 is 18.7 Å². The zero-order valence-electron chi connectivity index (χ0n) is 15.7. The average molecular weight is 385 g/mol. The molecule has 2 aromatic rings. The summed E-state index contributed by atoms with van der Waals surface area (Å²) in [6, 6.07) is 10.4. The number of carbonyl (C=O) groups is 2. The van der Waals surface area contributed by atoms with Crippen LogP contribution >= 0.6 is 0 Å². The second kappa shape index (κ2) is 8.84. The first-order valence-electron chi connectivity index (χ1n) is 9.27. The van der Waals surface area contributed by atoms with Crippen molar-refractivity contribution in [3.05, 3.63) is 53.8 Å². The highest BCUT2D eigenvalue weighted by molar-refractivity contribution is 6.05. The zero-order chi connectivity index (χ0) is 20.1. The Morgan fingerprint density at radius 3 is 2.68 bits per heavy atom. The molecule has 0 spiro atoms. The van der Waals surface area contributed by atoms with Gasteiger partial charge in [0.25, 0.3) is 5.91 Å². The lowest BCUT2D eigenvalue weighted by molar-refractivity contribution is -0.120. The molecule has 0 aliphatic heterocycles. The van der Waals surface area contributed by atoms with Gasteiger partial charge in [-0.05, 0) is 55.7 Å². The number of ether oxygens (including phenoxy) is 1. The van der Waals surface area contributed by atoms with Crippen LogP contribution in [0.5, 0.6) is 5.75 Å². The van der Waals surface area contributed by atoms with E-state index in [4.69, 9.17) is 10.5 Å². The molecule has 1 saturated carbocycles. The van der Waals surface area contributed by atoms with E-state index in [9.17, 15) is 14.0 Å². The molecule has 7 heteroatoms. The molecule has 0 radical (unpaired) electrons. The predicted molar refractivity (Wildman–Crippen MR) is 106 cm³/mol. The highest BCUT2D eigenvalue weighted by Gasteiger charge is 2.25. The molecule has 2 atom stereocenters. The van der Waals surface area contributed by atoms with E-state index in [-0.39, 0.29) is 23.4 Å². The molecule has 2 amide bonds. The average Bonchev–Trinajstić information content (AvgIpc) is 2.68. The van der Waals surface area contributed by atoms with Crippen molar-refractivity contribution in [2.75, 3.05) is 17.7 Å². The number of rotatable bonds is 5. The van der Waals surface area contributed by atoms with Gasteiger partial charge in [-0.3, -0.25) is 9.59 Å². The van der Waals surface area contributed by atoms with Crippen molar-refractivity contribution in [3.8, 4) is 5.75 Å². The van der Waals surface area contributed by atoms with E-state index in [2.05, 4.69) is 10.6 Å². The SMILES string of the molecule is COc1ccc(NC(=O)C2CCCC(N)C2)cc1NC(=O)c1cccc(F)c1. The molecule has 148 valence electrons. The van der Waals surface area contributed by atoms with E-state index >= 15 is 0 Å². The van der Waals surface area contributed by atoms with E-state index < -0.39 is 11.7 Å². The number of anilines is 2. The molecule has 0 bridgehead atoms.